The number of likely N-dealkylation sites (N-methyl/N-ethyl adjacent to an activating group) is 1. The van der Waals surface area contributed by atoms with E-state index in [1.807, 2.05) is 36.4 Å². The third-order valence-corrected chi connectivity index (χ3v) is 6.56. The summed E-state index contributed by atoms with van der Waals surface area (Å²) in [5, 5.41) is 3.17. The average Bonchev–Trinajstić information content (AvgIpc) is 3.19. The van der Waals surface area contributed by atoms with Gasteiger partial charge in [0.1, 0.15) is 11.3 Å². The van der Waals surface area contributed by atoms with Crippen LogP contribution in [0.1, 0.15) is 12.0 Å². The van der Waals surface area contributed by atoms with Gasteiger partial charge in [-0.1, -0.05) is 36.4 Å². The highest BCUT2D eigenvalue weighted by Gasteiger charge is 2.16. The molecule has 1 aromatic heterocycles. The Balaban J connectivity index is 1.35. The number of nitrogens with zero attached hydrogens (tertiary/aromatic N) is 1. The standard InChI is InChI=1S/C25H25NO5S/c1-26(13-6-14-30-20-8-5-9-21(16-20)32(2,28)29)24(27)15-19-17-31-23-12-11-18-7-3-4-10-22(18)25(19)23/h3-5,7-12,16-17H,6,13-15H2,1-2H3. The fraction of sp³-hybridized carbons (Fsp3) is 0.240. The number of fused-ring (bicyclic) bond motifs is 3. The summed E-state index contributed by atoms with van der Waals surface area (Å²) in [5.41, 5.74) is 1.65. The summed E-state index contributed by atoms with van der Waals surface area (Å²) in [4.78, 5) is 14.7. The van der Waals surface area contributed by atoms with E-state index < -0.39 is 9.84 Å². The Morgan fingerprint density at radius 1 is 1.06 bits per heavy atom. The third kappa shape index (κ3) is 4.78. The normalized spacial score (nSPS) is 11.7. The molecule has 1 heterocycles. The lowest BCUT2D eigenvalue weighted by molar-refractivity contribution is -0.129. The Morgan fingerprint density at radius 3 is 2.69 bits per heavy atom. The lowest BCUT2D eigenvalue weighted by atomic mass is 10.0. The average molecular weight is 452 g/mol. The van der Waals surface area contributed by atoms with Gasteiger partial charge >= 0.3 is 0 Å². The predicted octanol–water partition coefficient (Wildman–Crippen LogP) is 4.46. The van der Waals surface area contributed by atoms with E-state index in [4.69, 9.17) is 9.15 Å². The molecule has 0 N–H and O–H groups in total. The van der Waals surface area contributed by atoms with Crippen molar-refractivity contribution >= 4 is 37.5 Å². The Labute approximate surface area is 187 Å². The summed E-state index contributed by atoms with van der Waals surface area (Å²) in [7, 11) is -1.50. The van der Waals surface area contributed by atoms with Crippen LogP contribution in [0.2, 0.25) is 0 Å². The van der Waals surface area contributed by atoms with Crippen molar-refractivity contribution in [2.24, 2.45) is 0 Å². The van der Waals surface area contributed by atoms with Gasteiger partial charge in [0.05, 0.1) is 24.2 Å². The van der Waals surface area contributed by atoms with Crippen LogP contribution in [0.3, 0.4) is 0 Å². The van der Waals surface area contributed by atoms with Gasteiger partial charge < -0.3 is 14.1 Å². The summed E-state index contributed by atoms with van der Waals surface area (Å²) >= 11 is 0. The summed E-state index contributed by atoms with van der Waals surface area (Å²) in [6.07, 6.45) is 3.72. The highest BCUT2D eigenvalue weighted by Crippen LogP contribution is 2.30. The minimum Gasteiger partial charge on any atom is -0.493 e. The molecule has 0 unspecified atom stereocenters. The van der Waals surface area contributed by atoms with Gasteiger partial charge in [-0.2, -0.15) is 0 Å². The Morgan fingerprint density at radius 2 is 1.88 bits per heavy atom. The summed E-state index contributed by atoms with van der Waals surface area (Å²) in [6.45, 7) is 0.908. The number of carbonyl (C=O) groups is 1. The Kier molecular flexibility index (Phi) is 6.19. The molecule has 0 bridgehead atoms. The van der Waals surface area contributed by atoms with Crippen molar-refractivity contribution in [1.29, 1.82) is 0 Å². The minimum absolute atomic E-state index is 0.000270. The van der Waals surface area contributed by atoms with E-state index >= 15 is 0 Å². The molecular weight excluding hydrogens is 426 g/mol. The van der Waals surface area contributed by atoms with Gasteiger partial charge in [-0.3, -0.25) is 4.79 Å². The second-order valence-corrected chi connectivity index (χ2v) is 9.88. The maximum absolute atomic E-state index is 12.8. The van der Waals surface area contributed by atoms with Crippen LogP contribution < -0.4 is 4.74 Å². The van der Waals surface area contributed by atoms with E-state index in [-0.39, 0.29) is 17.2 Å². The second kappa shape index (κ2) is 9.04. The van der Waals surface area contributed by atoms with Crippen molar-refractivity contribution in [3.63, 3.8) is 0 Å². The predicted molar refractivity (Wildman–Crippen MR) is 125 cm³/mol. The number of carbonyl (C=O) groups excluding carboxylic acids is 1. The van der Waals surface area contributed by atoms with E-state index in [2.05, 4.69) is 0 Å². The van der Waals surface area contributed by atoms with Crippen molar-refractivity contribution in [2.45, 2.75) is 17.7 Å². The Hall–Kier alpha value is -3.32. The molecule has 0 atom stereocenters. The molecule has 1 amide bonds. The number of hydrogen-bond acceptors (Lipinski definition) is 5. The molecule has 0 saturated carbocycles. The second-order valence-electron chi connectivity index (χ2n) is 7.86. The van der Waals surface area contributed by atoms with Crippen LogP contribution in [0.25, 0.3) is 21.7 Å². The van der Waals surface area contributed by atoms with E-state index in [9.17, 15) is 13.2 Å². The van der Waals surface area contributed by atoms with Crippen molar-refractivity contribution in [3.05, 3.63) is 72.5 Å². The number of furan rings is 1. The van der Waals surface area contributed by atoms with Crippen LogP contribution in [0.4, 0.5) is 0 Å². The maximum atomic E-state index is 12.8. The largest absolute Gasteiger partial charge is 0.493 e. The molecular formula is C25H25NO5S. The molecule has 0 aliphatic heterocycles. The fourth-order valence-corrected chi connectivity index (χ4v) is 4.37. The smallest absolute Gasteiger partial charge is 0.226 e. The number of rotatable bonds is 8. The fourth-order valence-electron chi connectivity index (χ4n) is 3.71. The molecule has 32 heavy (non-hydrogen) atoms. The lowest BCUT2D eigenvalue weighted by Crippen LogP contribution is -2.30. The number of sulfone groups is 1. The van der Waals surface area contributed by atoms with Gasteiger partial charge in [0.15, 0.2) is 9.84 Å². The van der Waals surface area contributed by atoms with Crippen LogP contribution in [0.5, 0.6) is 5.75 Å². The van der Waals surface area contributed by atoms with Crippen LogP contribution >= 0.6 is 0 Å². The zero-order chi connectivity index (χ0) is 22.7. The van der Waals surface area contributed by atoms with E-state index in [1.54, 1.807) is 30.3 Å². The first kappa shape index (κ1) is 21.9. The maximum Gasteiger partial charge on any atom is 0.226 e. The van der Waals surface area contributed by atoms with Gasteiger partial charge in [0.25, 0.3) is 0 Å². The van der Waals surface area contributed by atoms with Crippen LogP contribution in [-0.4, -0.2) is 45.7 Å². The van der Waals surface area contributed by atoms with Gasteiger partial charge in [-0.25, -0.2) is 8.42 Å². The van der Waals surface area contributed by atoms with E-state index in [0.29, 0.717) is 25.3 Å². The molecule has 3 aromatic carbocycles. The van der Waals surface area contributed by atoms with Crippen molar-refractivity contribution in [1.82, 2.24) is 4.90 Å². The quantitative estimate of drug-likeness (QED) is 0.370. The van der Waals surface area contributed by atoms with Crippen molar-refractivity contribution in [2.75, 3.05) is 26.5 Å². The van der Waals surface area contributed by atoms with Crippen molar-refractivity contribution in [3.8, 4) is 5.75 Å². The molecule has 4 aromatic rings. The molecule has 7 heteroatoms. The van der Waals surface area contributed by atoms with Gasteiger partial charge in [-0.15, -0.1) is 0 Å². The van der Waals surface area contributed by atoms with Gasteiger partial charge in [-0.05, 0) is 41.5 Å². The number of benzene rings is 3. The highest BCUT2D eigenvalue weighted by molar-refractivity contribution is 7.90. The molecule has 0 aliphatic carbocycles. The number of amides is 1. The highest BCUT2D eigenvalue weighted by atomic mass is 32.2. The number of ether oxygens (including phenoxy) is 1. The van der Waals surface area contributed by atoms with Crippen LogP contribution in [0, 0.1) is 0 Å². The van der Waals surface area contributed by atoms with Gasteiger partial charge in [0, 0.05) is 30.8 Å². The first-order chi connectivity index (χ1) is 15.3. The van der Waals surface area contributed by atoms with Crippen LogP contribution in [-0.2, 0) is 21.1 Å². The molecule has 0 fully saturated rings. The lowest BCUT2D eigenvalue weighted by Gasteiger charge is -2.17. The molecule has 166 valence electrons. The van der Waals surface area contributed by atoms with Gasteiger partial charge in [0.2, 0.25) is 5.91 Å². The summed E-state index contributed by atoms with van der Waals surface area (Å²) in [5.74, 6) is 0.498. The molecule has 0 saturated heterocycles. The molecule has 0 spiro atoms. The van der Waals surface area contributed by atoms with E-state index in [0.717, 1.165) is 27.3 Å². The Bertz CT molecular complexity index is 1370. The molecule has 0 aliphatic rings. The molecule has 0 radical (unpaired) electrons. The third-order valence-electron chi connectivity index (χ3n) is 5.45. The van der Waals surface area contributed by atoms with Crippen molar-refractivity contribution < 1.29 is 22.4 Å². The monoisotopic (exact) mass is 451 g/mol. The summed E-state index contributed by atoms with van der Waals surface area (Å²) in [6, 6.07) is 18.4. The molecule has 6 nitrogen and oxygen atoms in total. The SMILES string of the molecule is CN(CCCOc1cccc(S(C)(=O)=O)c1)C(=O)Cc1coc2ccc3ccccc3c12. The van der Waals surface area contributed by atoms with E-state index in [1.165, 1.54) is 18.4 Å². The first-order valence-corrected chi connectivity index (χ1v) is 12.3. The van der Waals surface area contributed by atoms with Crippen LogP contribution in [0.15, 0.2) is 76.2 Å². The first-order valence-electron chi connectivity index (χ1n) is 10.4. The zero-order valence-electron chi connectivity index (χ0n) is 18.1. The zero-order valence-corrected chi connectivity index (χ0v) is 18.9. The summed E-state index contributed by atoms with van der Waals surface area (Å²) < 4.78 is 34.7. The molecule has 4 rings (SSSR count). The minimum atomic E-state index is -3.28. The number of hydrogen-bond donors (Lipinski definition) is 0. The topological polar surface area (TPSA) is 76.8 Å².